The van der Waals surface area contributed by atoms with Crippen LogP contribution in [0.15, 0.2) is 66.9 Å². The largest absolute Gasteiger partial charge is 0.493 e. The zero-order chi connectivity index (χ0) is 19.8. The van der Waals surface area contributed by atoms with E-state index in [1.165, 1.54) is 6.92 Å². The van der Waals surface area contributed by atoms with E-state index in [-0.39, 0.29) is 18.2 Å². The van der Waals surface area contributed by atoms with Crippen LogP contribution >= 0.6 is 0 Å². The van der Waals surface area contributed by atoms with Crippen molar-refractivity contribution in [3.63, 3.8) is 0 Å². The van der Waals surface area contributed by atoms with E-state index in [9.17, 15) is 9.59 Å². The maximum Gasteiger partial charge on any atom is 0.223 e. The molecule has 0 aliphatic heterocycles. The molecule has 1 aromatic heterocycles. The first-order chi connectivity index (χ1) is 13.6. The lowest BCUT2D eigenvalue weighted by molar-refractivity contribution is -0.122. The summed E-state index contributed by atoms with van der Waals surface area (Å²) in [6.45, 7) is 2.54. The summed E-state index contributed by atoms with van der Waals surface area (Å²) in [5, 5.41) is 3.80. The summed E-state index contributed by atoms with van der Waals surface area (Å²) in [6.07, 6.45) is 1.96. The molecule has 3 aromatic rings. The normalized spacial score (nSPS) is 10.5. The van der Waals surface area contributed by atoms with Gasteiger partial charge in [-0.1, -0.05) is 36.4 Å². The smallest absolute Gasteiger partial charge is 0.223 e. The zero-order valence-corrected chi connectivity index (χ0v) is 15.8. The molecule has 0 fully saturated rings. The maximum atomic E-state index is 12.2. The number of amides is 2. The van der Waals surface area contributed by atoms with Crippen LogP contribution in [0.5, 0.6) is 5.75 Å². The Labute approximate surface area is 164 Å². The number of nitrogens with zero attached hydrogens (tertiary/aromatic N) is 2. The van der Waals surface area contributed by atoms with Gasteiger partial charge in [-0.2, -0.15) is 0 Å². The number of aromatic nitrogens is 1. The molecule has 144 valence electrons. The van der Waals surface area contributed by atoms with Crippen molar-refractivity contribution < 1.29 is 14.3 Å². The molecule has 0 bridgehead atoms. The van der Waals surface area contributed by atoms with Crippen molar-refractivity contribution in [2.45, 2.75) is 13.3 Å². The lowest BCUT2D eigenvalue weighted by Gasteiger charge is -2.22. The molecule has 0 spiro atoms. The second-order valence-electron chi connectivity index (χ2n) is 6.28. The van der Waals surface area contributed by atoms with Crippen molar-refractivity contribution in [2.24, 2.45) is 0 Å². The van der Waals surface area contributed by atoms with Crippen LogP contribution in [0.25, 0.3) is 10.9 Å². The summed E-state index contributed by atoms with van der Waals surface area (Å²) in [5.41, 5.74) is 1.51. The molecule has 0 saturated carbocycles. The summed E-state index contributed by atoms with van der Waals surface area (Å²) >= 11 is 0. The third kappa shape index (κ3) is 5.07. The molecule has 6 nitrogen and oxygen atoms in total. The Hall–Kier alpha value is -3.41. The van der Waals surface area contributed by atoms with Gasteiger partial charge in [-0.15, -0.1) is 0 Å². The maximum absolute atomic E-state index is 12.2. The number of hydrogen-bond donors (Lipinski definition) is 1. The van der Waals surface area contributed by atoms with Gasteiger partial charge in [0.15, 0.2) is 0 Å². The van der Waals surface area contributed by atoms with Gasteiger partial charge >= 0.3 is 0 Å². The topological polar surface area (TPSA) is 71.5 Å². The molecular formula is C22H23N3O3. The first-order valence-corrected chi connectivity index (χ1v) is 9.21. The van der Waals surface area contributed by atoms with E-state index in [4.69, 9.17) is 4.74 Å². The fraction of sp³-hybridized carbons (Fsp3) is 0.227. The molecule has 6 heteroatoms. The van der Waals surface area contributed by atoms with Crippen molar-refractivity contribution in [2.75, 3.05) is 24.6 Å². The molecule has 2 amide bonds. The summed E-state index contributed by atoms with van der Waals surface area (Å²) in [4.78, 5) is 30.2. The number of nitrogens with one attached hydrogen (secondary N) is 1. The first kappa shape index (κ1) is 19.4. The van der Waals surface area contributed by atoms with Crippen molar-refractivity contribution in [3.8, 4) is 5.75 Å². The molecule has 0 aliphatic rings. The van der Waals surface area contributed by atoms with E-state index < -0.39 is 0 Å². The van der Waals surface area contributed by atoms with Gasteiger partial charge in [-0.05, 0) is 24.3 Å². The van der Waals surface area contributed by atoms with E-state index in [1.807, 2.05) is 60.7 Å². The van der Waals surface area contributed by atoms with Gasteiger partial charge in [0.1, 0.15) is 5.75 Å². The van der Waals surface area contributed by atoms with Crippen LogP contribution in [0.4, 0.5) is 5.69 Å². The highest BCUT2D eigenvalue weighted by Crippen LogP contribution is 2.24. The van der Waals surface area contributed by atoms with Crippen molar-refractivity contribution in [1.29, 1.82) is 0 Å². The molecule has 0 saturated heterocycles. The Morgan fingerprint density at radius 2 is 1.82 bits per heavy atom. The van der Waals surface area contributed by atoms with Crippen LogP contribution in [-0.4, -0.2) is 36.5 Å². The Bertz CT molecular complexity index is 939. The third-order valence-corrected chi connectivity index (χ3v) is 4.28. The second-order valence-corrected chi connectivity index (χ2v) is 6.28. The summed E-state index contributed by atoms with van der Waals surface area (Å²) < 4.78 is 5.53. The van der Waals surface area contributed by atoms with Crippen LogP contribution < -0.4 is 15.0 Å². The van der Waals surface area contributed by atoms with Gasteiger partial charge in [0.05, 0.1) is 24.2 Å². The Kier molecular flexibility index (Phi) is 6.57. The molecular weight excluding hydrogens is 354 g/mol. The van der Waals surface area contributed by atoms with Gasteiger partial charge in [0.2, 0.25) is 11.8 Å². The SMILES string of the molecule is CC(=O)N(CCNC(=O)CCOc1ccccc1)c1cccc2cccnc12. The van der Waals surface area contributed by atoms with Crippen LogP contribution in [0, 0.1) is 0 Å². The highest BCUT2D eigenvalue weighted by Gasteiger charge is 2.15. The van der Waals surface area contributed by atoms with E-state index >= 15 is 0 Å². The molecule has 1 heterocycles. The van der Waals surface area contributed by atoms with E-state index in [2.05, 4.69) is 10.3 Å². The molecule has 0 radical (unpaired) electrons. The van der Waals surface area contributed by atoms with Gasteiger partial charge in [-0.25, -0.2) is 0 Å². The summed E-state index contributed by atoms with van der Waals surface area (Å²) in [5.74, 6) is 0.525. The van der Waals surface area contributed by atoms with Crippen LogP contribution in [0.3, 0.4) is 0 Å². The number of para-hydroxylation sites is 2. The van der Waals surface area contributed by atoms with Crippen molar-refractivity contribution in [1.82, 2.24) is 10.3 Å². The zero-order valence-electron chi connectivity index (χ0n) is 15.8. The summed E-state index contributed by atoms with van der Waals surface area (Å²) in [6, 6.07) is 18.9. The van der Waals surface area contributed by atoms with E-state index in [1.54, 1.807) is 11.1 Å². The van der Waals surface area contributed by atoms with Gasteiger partial charge < -0.3 is 15.0 Å². The molecule has 2 aromatic carbocycles. The van der Waals surface area contributed by atoms with Crippen LogP contribution in [0.1, 0.15) is 13.3 Å². The third-order valence-electron chi connectivity index (χ3n) is 4.28. The Morgan fingerprint density at radius 3 is 2.61 bits per heavy atom. The van der Waals surface area contributed by atoms with E-state index in [0.29, 0.717) is 19.7 Å². The number of ether oxygens (including phenoxy) is 1. The average molecular weight is 377 g/mol. The summed E-state index contributed by atoms with van der Waals surface area (Å²) in [7, 11) is 0. The number of hydrogen-bond acceptors (Lipinski definition) is 4. The number of pyridine rings is 1. The van der Waals surface area contributed by atoms with Crippen LogP contribution in [0.2, 0.25) is 0 Å². The number of fused-ring (bicyclic) bond motifs is 1. The second kappa shape index (κ2) is 9.50. The minimum atomic E-state index is -0.115. The van der Waals surface area contributed by atoms with Gasteiger partial charge in [-0.3, -0.25) is 14.6 Å². The predicted molar refractivity (Wildman–Crippen MR) is 109 cm³/mol. The van der Waals surface area contributed by atoms with Gasteiger partial charge in [0, 0.05) is 31.6 Å². The standard InChI is InChI=1S/C22H23N3O3/c1-17(26)25(20-11-5-7-18-8-6-13-24-22(18)20)15-14-23-21(27)12-16-28-19-9-3-2-4-10-19/h2-11,13H,12,14-16H2,1H3,(H,23,27). The molecule has 0 aliphatic carbocycles. The number of anilines is 1. The molecule has 1 N–H and O–H groups in total. The fourth-order valence-corrected chi connectivity index (χ4v) is 2.93. The van der Waals surface area contributed by atoms with Crippen LogP contribution in [-0.2, 0) is 9.59 Å². The Morgan fingerprint density at radius 1 is 1.04 bits per heavy atom. The van der Waals surface area contributed by atoms with E-state index in [0.717, 1.165) is 22.3 Å². The minimum absolute atomic E-state index is 0.0974. The van der Waals surface area contributed by atoms with Crippen molar-refractivity contribution in [3.05, 3.63) is 66.9 Å². The number of carbonyl (C=O) groups is 2. The predicted octanol–water partition coefficient (Wildman–Crippen LogP) is 3.17. The Balaban J connectivity index is 1.52. The molecule has 0 unspecified atom stereocenters. The monoisotopic (exact) mass is 377 g/mol. The fourth-order valence-electron chi connectivity index (χ4n) is 2.93. The molecule has 3 rings (SSSR count). The number of benzene rings is 2. The first-order valence-electron chi connectivity index (χ1n) is 9.21. The minimum Gasteiger partial charge on any atom is -0.493 e. The average Bonchev–Trinajstić information content (AvgIpc) is 2.71. The number of carbonyl (C=O) groups excluding carboxylic acids is 2. The highest BCUT2D eigenvalue weighted by molar-refractivity contribution is 6.01. The number of rotatable bonds is 8. The molecule has 0 atom stereocenters. The van der Waals surface area contributed by atoms with Gasteiger partial charge in [0.25, 0.3) is 0 Å². The lowest BCUT2D eigenvalue weighted by atomic mass is 10.1. The quantitative estimate of drug-likeness (QED) is 0.654. The van der Waals surface area contributed by atoms with Crippen molar-refractivity contribution >= 4 is 28.4 Å². The lowest BCUT2D eigenvalue weighted by Crippen LogP contribution is -2.38. The molecule has 28 heavy (non-hydrogen) atoms. The highest BCUT2D eigenvalue weighted by atomic mass is 16.5.